The molecule has 0 spiro atoms. The molecule has 0 aromatic heterocycles. The summed E-state index contributed by atoms with van der Waals surface area (Å²) < 4.78 is 15.3. The standard InChI is InChI=1S/C18H29NOS/c1-5-6-8-13-17(19-21(20)18(2,3)4)15-14-16-11-9-7-10-12-16/h7-13,17,19H,5-6,14-15H2,1-4H3/b13-8+/t17-,21-/m1/s1. The van der Waals surface area contributed by atoms with Gasteiger partial charge in [0.1, 0.15) is 0 Å². The number of benzene rings is 1. The average molecular weight is 308 g/mol. The minimum Gasteiger partial charge on any atom is -0.242 e. The lowest BCUT2D eigenvalue weighted by Gasteiger charge is -2.22. The quantitative estimate of drug-likeness (QED) is 0.709. The van der Waals surface area contributed by atoms with Crippen molar-refractivity contribution < 1.29 is 4.21 Å². The van der Waals surface area contributed by atoms with Crippen molar-refractivity contribution in [3.8, 4) is 0 Å². The molecule has 21 heavy (non-hydrogen) atoms. The predicted molar refractivity (Wildman–Crippen MR) is 93.6 cm³/mol. The zero-order valence-electron chi connectivity index (χ0n) is 13.8. The minimum atomic E-state index is -1.03. The van der Waals surface area contributed by atoms with Crippen LogP contribution in [0.5, 0.6) is 0 Å². The molecule has 0 heterocycles. The van der Waals surface area contributed by atoms with Crippen LogP contribution in [0.25, 0.3) is 0 Å². The van der Waals surface area contributed by atoms with Gasteiger partial charge in [-0.3, -0.25) is 0 Å². The van der Waals surface area contributed by atoms with Crippen molar-refractivity contribution in [2.75, 3.05) is 0 Å². The molecule has 1 rings (SSSR count). The van der Waals surface area contributed by atoms with Crippen LogP contribution in [0.1, 0.15) is 52.5 Å². The SMILES string of the molecule is CCC/C=C/[C@H](CCc1ccccc1)N[S@](=O)C(C)(C)C. The van der Waals surface area contributed by atoms with Gasteiger partial charge in [-0.2, -0.15) is 0 Å². The van der Waals surface area contributed by atoms with Crippen LogP contribution < -0.4 is 4.72 Å². The number of hydrogen-bond donors (Lipinski definition) is 1. The maximum atomic E-state index is 12.3. The van der Waals surface area contributed by atoms with Gasteiger partial charge in [0.25, 0.3) is 0 Å². The van der Waals surface area contributed by atoms with Gasteiger partial charge in [0, 0.05) is 6.04 Å². The highest BCUT2D eigenvalue weighted by Crippen LogP contribution is 2.12. The Labute approximate surface area is 132 Å². The van der Waals surface area contributed by atoms with Crippen LogP contribution in [-0.4, -0.2) is 15.0 Å². The number of aryl methyl sites for hydroxylation is 1. The second-order valence-electron chi connectivity index (χ2n) is 6.35. The van der Waals surface area contributed by atoms with Gasteiger partial charge in [-0.1, -0.05) is 55.8 Å². The van der Waals surface area contributed by atoms with Crippen molar-refractivity contribution in [1.82, 2.24) is 4.72 Å². The summed E-state index contributed by atoms with van der Waals surface area (Å²) in [5.41, 5.74) is 1.33. The summed E-state index contributed by atoms with van der Waals surface area (Å²) in [5.74, 6) is 0. The molecule has 0 unspecified atom stereocenters. The summed E-state index contributed by atoms with van der Waals surface area (Å²) in [7, 11) is -1.03. The average Bonchev–Trinajstić information content (AvgIpc) is 2.44. The van der Waals surface area contributed by atoms with Crippen molar-refractivity contribution in [2.45, 2.75) is 64.2 Å². The van der Waals surface area contributed by atoms with Gasteiger partial charge < -0.3 is 0 Å². The second-order valence-corrected chi connectivity index (χ2v) is 8.34. The lowest BCUT2D eigenvalue weighted by molar-refractivity contribution is 0.605. The normalized spacial score (nSPS) is 15.2. The highest BCUT2D eigenvalue weighted by Gasteiger charge is 2.21. The van der Waals surface area contributed by atoms with E-state index in [1.54, 1.807) is 0 Å². The molecule has 0 fully saturated rings. The predicted octanol–water partition coefficient (Wildman–Crippen LogP) is 4.40. The molecule has 0 bridgehead atoms. The third kappa shape index (κ3) is 7.58. The molecule has 2 nitrogen and oxygen atoms in total. The number of unbranched alkanes of at least 4 members (excludes halogenated alkanes) is 1. The van der Waals surface area contributed by atoms with Crippen LogP contribution in [0.3, 0.4) is 0 Å². The molecule has 1 aromatic rings. The van der Waals surface area contributed by atoms with E-state index in [4.69, 9.17) is 0 Å². The monoisotopic (exact) mass is 307 g/mol. The first kappa shape index (κ1) is 18.1. The number of hydrogen-bond acceptors (Lipinski definition) is 1. The molecule has 1 aromatic carbocycles. The summed E-state index contributed by atoms with van der Waals surface area (Å²) in [6.07, 6.45) is 8.55. The molecule has 0 aliphatic heterocycles. The third-order valence-corrected chi connectivity index (χ3v) is 4.85. The topological polar surface area (TPSA) is 29.1 Å². The highest BCUT2D eigenvalue weighted by atomic mass is 32.2. The van der Waals surface area contributed by atoms with Crippen molar-refractivity contribution in [3.05, 3.63) is 48.0 Å². The number of allylic oxidation sites excluding steroid dienone is 1. The smallest absolute Gasteiger partial charge is 0.0975 e. The van der Waals surface area contributed by atoms with E-state index in [1.165, 1.54) is 5.56 Å². The highest BCUT2D eigenvalue weighted by molar-refractivity contribution is 7.84. The molecule has 118 valence electrons. The first-order chi connectivity index (χ1) is 9.93. The summed E-state index contributed by atoms with van der Waals surface area (Å²) in [6.45, 7) is 8.17. The van der Waals surface area contributed by atoms with Gasteiger partial charge in [0.15, 0.2) is 0 Å². The van der Waals surface area contributed by atoms with Gasteiger partial charge in [-0.25, -0.2) is 8.93 Å². The molecule has 2 atom stereocenters. The summed E-state index contributed by atoms with van der Waals surface area (Å²) in [6, 6.07) is 10.6. The van der Waals surface area contributed by atoms with E-state index in [2.05, 4.69) is 48.1 Å². The van der Waals surface area contributed by atoms with E-state index in [0.717, 1.165) is 25.7 Å². The fraction of sp³-hybridized carbons (Fsp3) is 0.556. The van der Waals surface area contributed by atoms with Crippen LogP contribution in [0.15, 0.2) is 42.5 Å². The van der Waals surface area contributed by atoms with E-state index < -0.39 is 11.0 Å². The van der Waals surface area contributed by atoms with Gasteiger partial charge in [0.2, 0.25) is 0 Å². The molecule has 0 aliphatic carbocycles. The molecule has 0 amide bonds. The van der Waals surface area contributed by atoms with E-state index in [-0.39, 0.29) is 10.8 Å². The lowest BCUT2D eigenvalue weighted by atomic mass is 10.1. The van der Waals surface area contributed by atoms with Gasteiger partial charge >= 0.3 is 0 Å². The zero-order valence-corrected chi connectivity index (χ0v) is 14.6. The van der Waals surface area contributed by atoms with Crippen LogP contribution in [-0.2, 0) is 17.4 Å². The molecular weight excluding hydrogens is 278 g/mol. The van der Waals surface area contributed by atoms with Crippen molar-refractivity contribution in [2.24, 2.45) is 0 Å². The Bertz CT molecular complexity index is 448. The number of rotatable bonds is 8. The van der Waals surface area contributed by atoms with Gasteiger partial charge in [0.05, 0.1) is 15.7 Å². The zero-order chi connectivity index (χ0) is 15.7. The summed E-state index contributed by atoms with van der Waals surface area (Å²) >= 11 is 0. The first-order valence-electron chi connectivity index (χ1n) is 7.82. The fourth-order valence-electron chi connectivity index (χ4n) is 1.90. The molecule has 0 aliphatic rings. The molecule has 0 radical (unpaired) electrons. The Balaban J connectivity index is 2.62. The number of nitrogens with one attached hydrogen (secondary N) is 1. The Morgan fingerprint density at radius 2 is 1.90 bits per heavy atom. The maximum absolute atomic E-state index is 12.3. The Morgan fingerprint density at radius 1 is 1.24 bits per heavy atom. The van der Waals surface area contributed by atoms with Crippen molar-refractivity contribution in [1.29, 1.82) is 0 Å². The van der Waals surface area contributed by atoms with Gasteiger partial charge in [-0.15, -0.1) is 0 Å². The molecule has 0 saturated heterocycles. The van der Waals surface area contributed by atoms with Crippen LogP contribution >= 0.6 is 0 Å². The fourth-order valence-corrected chi connectivity index (χ4v) is 2.73. The first-order valence-corrected chi connectivity index (χ1v) is 8.97. The Morgan fingerprint density at radius 3 is 2.48 bits per heavy atom. The van der Waals surface area contributed by atoms with E-state index in [9.17, 15) is 4.21 Å². The van der Waals surface area contributed by atoms with E-state index >= 15 is 0 Å². The molecule has 1 N–H and O–H groups in total. The minimum absolute atomic E-state index is 0.164. The van der Waals surface area contributed by atoms with Crippen LogP contribution in [0, 0.1) is 0 Å². The molecular formula is C18H29NOS. The van der Waals surface area contributed by atoms with Crippen molar-refractivity contribution in [3.63, 3.8) is 0 Å². The maximum Gasteiger partial charge on any atom is 0.0975 e. The van der Waals surface area contributed by atoms with Crippen LogP contribution in [0.2, 0.25) is 0 Å². The van der Waals surface area contributed by atoms with E-state index in [0.29, 0.717) is 0 Å². The Kier molecular flexibility index (Phi) is 7.91. The van der Waals surface area contributed by atoms with Crippen molar-refractivity contribution >= 4 is 11.0 Å². The molecule has 0 saturated carbocycles. The van der Waals surface area contributed by atoms with Crippen LogP contribution in [0.4, 0.5) is 0 Å². The Hall–Kier alpha value is -0.930. The molecule has 3 heteroatoms. The largest absolute Gasteiger partial charge is 0.242 e. The lowest BCUT2D eigenvalue weighted by Crippen LogP contribution is -2.39. The summed E-state index contributed by atoms with van der Waals surface area (Å²) in [4.78, 5) is 0. The van der Waals surface area contributed by atoms with Gasteiger partial charge in [-0.05, 0) is 45.6 Å². The third-order valence-electron chi connectivity index (χ3n) is 3.23. The second kappa shape index (κ2) is 9.16. The summed E-state index contributed by atoms with van der Waals surface area (Å²) in [5, 5.41) is 0. The van der Waals surface area contributed by atoms with E-state index in [1.807, 2.05) is 26.8 Å².